The van der Waals surface area contributed by atoms with E-state index in [0.717, 1.165) is 12.6 Å². The van der Waals surface area contributed by atoms with Gasteiger partial charge in [-0.15, -0.1) is 0 Å². The molecule has 0 saturated heterocycles. The van der Waals surface area contributed by atoms with Crippen LogP contribution in [0.5, 0.6) is 0 Å². The number of ether oxygens (including phenoxy) is 1. The summed E-state index contributed by atoms with van der Waals surface area (Å²) in [5.41, 5.74) is -0.226. The number of nitrogens with zero attached hydrogens (tertiary/aromatic N) is 2. The van der Waals surface area contributed by atoms with Crippen molar-refractivity contribution in [1.29, 1.82) is 0 Å². The fourth-order valence-electron chi connectivity index (χ4n) is 2.90. The van der Waals surface area contributed by atoms with Crippen LogP contribution >= 0.6 is 0 Å². The normalized spacial score (nSPS) is 21.2. The minimum Gasteiger partial charge on any atom is -0.501 e. The number of halogens is 3. The van der Waals surface area contributed by atoms with E-state index in [-0.39, 0.29) is 11.8 Å². The number of carbonyl (C=O) groups is 1. The van der Waals surface area contributed by atoms with E-state index in [1.165, 1.54) is 6.26 Å². The smallest absolute Gasteiger partial charge is 0.434 e. The number of rotatable bonds is 3. The van der Waals surface area contributed by atoms with Crippen LogP contribution in [0.25, 0.3) is 0 Å². The average Bonchev–Trinajstić information content (AvgIpc) is 2.97. The Balaban J connectivity index is 1.56. The lowest BCUT2D eigenvalue weighted by Gasteiger charge is -2.24. The van der Waals surface area contributed by atoms with E-state index in [0.29, 0.717) is 50.4 Å². The van der Waals surface area contributed by atoms with Crippen molar-refractivity contribution < 1.29 is 22.7 Å². The second-order valence-corrected chi connectivity index (χ2v) is 5.92. The Kier molecular flexibility index (Phi) is 4.32. The molecule has 126 valence electrons. The first-order valence-corrected chi connectivity index (χ1v) is 7.65. The third kappa shape index (κ3) is 3.68. The SMILES string of the molecule is O=C(NC[C@@H]1CCc2nc(C(F)(F)F)cn2C1)C1=COCCC1. The second kappa shape index (κ2) is 6.25. The lowest BCUT2D eigenvalue weighted by Crippen LogP contribution is -2.34. The Morgan fingerprint density at radius 3 is 2.96 bits per heavy atom. The second-order valence-electron chi connectivity index (χ2n) is 5.92. The van der Waals surface area contributed by atoms with Crippen LogP contribution in [0.2, 0.25) is 0 Å². The standard InChI is InChI=1S/C15H18F3N3O2/c16-15(17,18)12-8-21-7-10(3-4-13(21)20-12)6-19-14(22)11-2-1-5-23-9-11/h8-10H,1-7H2,(H,19,22)/t10-/m0/s1. The number of alkyl halides is 3. The van der Waals surface area contributed by atoms with Crippen LogP contribution in [-0.4, -0.2) is 28.6 Å². The lowest BCUT2D eigenvalue weighted by molar-refractivity contribution is -0.141. The summed E-state index contributed by atoms with van der Waals surface area (Å²) in [6, 6.07) is 0. The third-order valence-corrected chi connectivity index (χ3v) is 4.16. The van der Waals surface area contributed by atoms with Gasteiger partial charge in [-0.25, -0.2) is 4.98 Å². The molecule has 0 fully saturated rings. The van der Waals surface area contributed by atoms with Crippen LogP contribution in [0.3, 0.4) is 0 Å². The maximum atomic E-state index is 12.7. The molecule has 2 aliphatic rings. The summed E-state index contributed by atoms with van der Waals surface area (Å²) < 4.78 is 44.7. The van der Waals surface area contributed by atoms with Crippen LogP contribution in [0.1, 0.15) is 30.8 Å². The molecule has 0 saturated carbocycles. The topological polar surface area (TPSA) is 56.2 Å². The van der Waals surface area contributed by atoms with Crippen LogP contribution in [0, 0.1) is 5.92 Å². The maximum Gasteiger partial charge on any atom is 0.434 e. The van der Waals surface area contributed by atoms with Crippen molar-refractivity contribution >= 4 is 5.91 Å². The summed E-state index contributed by atoms with van der Waals surface area (Å²) in [6.45, 7) is 1.51. The summed E-state index contributed by atoms with van der Waals surface area (Å²) in [4.78, 5) is 15.6. The average molecular weight is 329 g/mol. The van der Waals surface area contributed by atoms with E-state index in [2.05, 4.69) is 10.3 Å². The van der Waals surface area contributed by atoms with E-state index >= 15 is 0 Å². The van der Waals surface area contributed by atoms with Crippen molar-refractivity contribution in [3.63, 3.8) is 0 Å². The van der Waals surface area contributed by atoms with E-state index in [1.54, 1.807) is 4.57 Å². The van der Waals surface area contributed by atoms with Gasteiger partial charge in [0.2, 0.25) is 5.91 Å². The number of aryl methyl sites for hydroxylation is 1. The van der Waals surface area contributed by atoms with E-state index in [9.17, 15) is 18.0 Å². The van der Waals surface area contributed by atoms with Gasteiger partial charge in [0.05, 0.1) is 18.4 Å². The van der Waals surface area contributed by atoms with Gasteiger partial charge in [0.15, 0.2) is 5.69 Å². The van der Waals surface area contributed by atoms with Crippen LogP contribution in [0.4, 0.5) is 13.2 Å². The molecule has 2 aliphatic heterocycles. The summed E-state index contributed by atoms with van der Waals surface area (Å²) in [5, 5.41) is 2.85. The summed E-state index contributed by atoms with van der Waals surface area (Å²) in [7, 11) is 0. The molecule has 1 atom stereocenters. The fraction of sp³-hybridized carbons (Fsp3) is 0.600. The zero-order valence-corrected chi connectivity index (χ0v) is 12.5. The number of amides is 1. The molecule has 0 aromatic carbocycles. The van der Waals surface area contributed by atoms with Crippen LogP contribution < -0.4 is 5.32 Å². The third-order valence-electron chi connectivity index (χ3n) is 4.16. The van der Waals surface area contributed by atoms with Gasteiger partial charge in [0.25, 0.3) is 0 Å². The van der Waals surface area contributed by atoms with Gasteiger partial charge in [-0.3, -0.25) is 4.79 Å². The Hall–Kier alpha value is -1.99. The number of hydrogen-bond donors (Lipinski definition) is 1. The van der Waals surface area contributed by atoms with Crippen molar-refractivity contribution in [2.75, 3.05) is 13.2 Å². The first-order valence-electron chi connectivity index (χ1n) is 7.65. The predicted octanol–water partition coefficient (Wildman–Crippen LogP) is 2.27. The highest BCUT2D eigenvalue weighted by atomic mass is 19.4. The number of imidazole rings is 1. The molecule has 8 heteroatoms. The van der Waals surface area contributed by atoms with Gasteiger partial charge < -0.3 is 14.6 Å². The zero-order valence-electron chi connectivity index (χ0n) is 12.5. The van der Waals surface area contributed by atoms with Crippen LogP contribution in [-0.2, 0) is 28.7 Å². The molecular formula is C15H18F3N3O2. The van der Waals surface area contributed by atoms with Gasteiger partial charge in [0, 0.05) is 25.7 Å². The van der Waals surface area contributed by atoms with Gasteiger partial charge in [-0.05, 0) is 25.2 Å². The summed E-state index contributed by atoms with van der Waals surface area (Å²) >= 11 is 0. The van der Waals surface area contributed by atoms with Crippen LogP contribution in [0.15, 0.2) is 18.0 Å². The molecule has 1 amide bonds. The molecule has 3 heterocycles. The minimum atomic E-state index is -4.42. The van der Waals surface area contributed by atoms with Crippen molar-refractivity contribution in [2.24, 2.45) is 5.92 Å². The Bertz CT molecular complexity index is 622. The molecule has 5 nitrogen and oxygen atoms in total. The number of fused-ring (bicyclic) bond motifs is 1. The molecule has 0 bridgehead atoms. The molecule has 0 spiro atoms. The molecule has 1 aromatic heterocycles. The van der Waals surface area contributed by atoms with Gasteiger partial charge in [0.1, 0.15) is 5.82 Å². The summed E-state index contributed by atoms with van der Waals surface area (Å²) in [5.74, 6) is 0.409. The number of hydrogen-bond acceptors (Lipinski definition) is 3. The highest BCUT2D eigenvalue weighted by Crippen LogP contribution is 2.30. The maximum absolute atomic E-state index is 12.7. The molecule has 0 radical (unpaired) electrons. The largest absolute Gasteiger partial charge is 0.501 e. The van der Waals surface area contributed by atoms with Gasteiger partial charge in [-0.1, -0.05) is 0 Å². The van der Waals surface area contributed by atoms with E-state index < -0.39 is 11.9 Å². The highest BCUT2D eigenvalue weighted by Gasteiger charge is 2.35. The minimum absolute atomic E-state index is 0.104. The van der Waals surface area contributed by atoms with Crippen molar-refractivity contribution in [2.45, 2.75) is 38.4 Å². The first kappa shape index (κ1) is 15.9. The molecule has 23 heavy (non-hydrogen) atoms. The fourth-order valence-corrected chi connectivity index (χ4v) is 2.90. The van der Waals surface area contributed by atoms with Gasteiger partial charge >= 0.3 is 6.18 Å². The Morgan fingerprint density at radius 2 is 2.26 bits per heavy atom. The predicted molar refractivity (Wildman–Crippen MR) is 75.3 cm³/mol. The number of carbonyl (C=O) groups excluding carboxylic acids is 1. The molecule has 3 rings (SSSR count). The summed E-state index contributed by atoms with van der Waals surface area (Å²) in [6.07, 6.45) is 0.844. The van der Waals surface area contributed by atoms with Crippen molar-refractivity contribution in [3.8, 4) is 0 Å². The monoisotopic (exact) mass is 329 g/mol. The van der Waals surface area contributed by atoms with E-state index in [4.69, 9.17) is 4.74 Å². The first-order chi connectivity index (χ1) is 10.9. The number of nitrogens with one attached hydrogen (secondary N) is 1. The molecule has 0 unspecified atom stereocenters. The Morgan fingerprint density at radius 1 is 1.43 bits per heavy atom. The number of aromatic nitrogens is 2. The quantitative estimate of drug-likeness (QED) is 0.926. The molecular weight excluding hydrogens is 311 g/mol. The molecule has 1 N–H and O–H groups in total. The van der Waals surface area contributed by atoms with Crippen molar-refractivity contribution in [1.82, 2.24) is 14.9 Å². The molecule has 0 aliphatic carbocycles. The Labute approximate surface area is 131 Å². The van der Waals surface area contributed by atoms with Crippen molar-refractivity contribution in [3.05, 3.63) is 29.6 Å². The highest BCUT2D eigenvalue weighted by molar-refractivity contribution is 5.93. The van der Waals surface area contributed by atoms with Gasteiger partial charge in [-0.2, -0.15) is 13.2 Å². The zero-order chi connectivity index (χ0) is 16.4. The lowest BCUT2D eigenvalue weighted by atomic mass is 9.99. The molecule has 1 aromatic rings. The van der Waals surface area contributed by atoms with E-state index in [1.807, 2.05) is 0 Å².